The van der Waals surface area contributed by atoms with Crippen molar-refractivity contribution in [2.45, 2.75) is 26.7 Å². The highest BCUT2D eigenvalue weighted by atomic mass is 32.1. The van der Waals surface area contributed by atoms with Gasteiger partial charge in [-0.05, 0) is 26.0 Å². The molecule has 2 aromatic heterocycles. The van der Waals surface area contributed by atoms with Crippen LogP contribution in [0, 0.1) is 18.6 Å². The number of benzene rings is 1. The minimum absolute atomic E-state index is 0.0409. The zero-order chi connectivity index (χ0) is 21.0. The SMILES string of the molecule is CCOC(=O)c1sc(NC(=O)CCc2ncc(-c3ccc(F)cc3F)o2)nc1C. The summed E-state index contributed by atoms with van der Waals surface area (Å²) in [5.74, 6) is -1.90. The molecule has 0 fully saturated rings. The summed E-state index contributed by atoms with van der Waals surface area (Å²) in [4.78, 5) is 32.4. The van der Waals surface area contributed by atoms with Crippen LogP contribution in [0.1, 0.15) is 34.6 Å². The van der Waals surface area contributed by atoms with Crippen molar-refractivity contribution in [3.8, 4) is 11.3 Å². The summed E-state index contributed by atoms with van der Waals surface area (Å²) >= 11 is 1.03. The molecule has 0 aliphatic rings. The standard InChI is InChI=1S/C19H17F2N3O4S/c1-3-27-18(26)17-10(2)23-19(29-17)24-15(25)6-7-16-22-9-14(28-16)12-5-4-11(20)8-13(12)21/h4-5,8-9H,3,6-7H2,1-2H3,(H,23,24,25). The molecule has 3 aromatic rings. The van der Waals surface area contributed by atoms with Crippen molar-refractivity contribution in [3.63, 3.8) is 0 Å². The van der Waals surface area contributed by atoms with Crippen molar-refractivity contribution in [3.05, 3.63) is 52.5 Å². The van der Waals surface area contributed by atoms with E-state index in [-0.39, 0.29) is 47.7 Å². The zero-order valence-corrected chi connectivity index (χ0v) is 16.4. The number of ether oxygens (including phenoxy) is 1. The van der Waals surface area contributed by atoms with Crippen molar-refractivity contribution < 1.29 is 27.5 Å². The van der Waals surface area contributed by atoms with E-state index in [4.69, 9.17) is 9.15 Å². The Morgan fingerprint density at radius 1 is 1.31 bits per heavy atom. The number of nitrogens with zero attached hydrogens (tertiary/aromatic N) is 2. The number of carbonyl (C=O) groups excluding carboxylic acids is 2. The van der Waals surface area contributed by atoms with Crippen LogP contribution in [-0.4, -0.2) is 28.5 Å². The van der Waals surface area contributed by atoms with Crippen LogP contribution >= 0.6 is 11.3 Å². The number of carbonyl (C=O) groups is 2. The Morgan fingerprint density at radius 2 is 2.10 bits per heavy atom. The Kier molecular flexibility index (Phi) is 6.32. The fourth-order valence-electron chi connectivity index (χ4n) is 2.48. The van der Waals surface area contributed by atoms with Gasteiger partial charge in [0.1, 0.15) is 16.5 Å². The largest absolute Gasteiger partial charge is 0.462 e. The molecule has 0 spiro atoms. The summed E-state index contributed by atoms with van der Waals surface area (Å²) in [6.07, 6.45) is 1.53. The Balaban J connectivity index is 1.58. The summed E-state index contributed by atoms with van der Waals surface area (Å²) in [7, 11) is 0. The van der Waals surface area contributed by atoms with Gasteiger partial charge in [-0.25, -0.2) is 23.5 Å². The minimum atomic E-state index is -0.762. The maximum absolute atomic E-state index is 13.8. The fraction of sp³-hybridized carbons (Fsp3) is 0.263. The van der Waals surface area contributed by atoms with E-state index in [1.165, 1.54) is 12.3 Å². The molecule has 0 atom stereocenters. The first-order chi connectivity index (χ1) is 13.9. The van der Waals surface area contributed by atoms with Crippen LogP contribution in [-0.2, 0) is 16.0 Å². The number of thiazole rings is 1. The number of aryl methyl sites for hydroxylation is 2. The van der Waals surface area contributed by atoms with Gasteiger partial charge in [0.2, 0.25) is 5.91 Å². The first kappa shape index (κ1) is 20.6. The molecule has 0 unspecified atom stereocenters. The second-order valence-corrected chi connectivity index (χ2v) is 6.94. The van der Waals surface area contributed by atoms with Crippen LogP contribution in [0.3, 0.4) is 0 Å². The molecular weight excluding hydrogens is 404 g/mol. The quantitative estimate of drug-likeness (QED) is 0.577. The van der Waals surface area contributed by atoms with Gasteiger partial charge in [0, 0.05) is 18.9 Å². The van der Waals surface area contributed by atoms with Crippen molar-refractivity contribution in [2.75, 3.05) is 11.9 Å². The van der Waals surface area contributed by atoms with E-state index in [0.717, 1.165) is 23.5 Å². The number of amides is 1. The van der Waals surface area contributed by atoms with Crippen LogP contribution in [0.2, 0.25) is 0 Å². The van der Waals surface area contributed by atoms with Gasteiger partial charge in [-0.15, -0.1) is 0 Å². The van der Waals surface area contributed by atoms with Crippen LogP contribution in [0.4, 0.5) is 13.9 Å². The third-order valence-corrected chi connectivity index (χ3v) is 4.87. The Hall–Kier alpha value is -3.14. The van der Waals surface area contributed by atoms with Crippen LogP contribution in [0.25, 0.3) is 11.3 Å². The number of hydrogen-bond donors (Lipinski definition) is 1. The number of rotatable bonds is 7. The molecule has 152 valence electrons. The molecule has 0 bridgehead atoms. The lowest BCUT2D eigenvalue weighted by atomic mass is 10.2. The first-order valence-corrected chi connectivity index (χ1v) is 9.53. The van der Waals surface area contributed by atoms with Gasteiger partial charge in [0.15, 0.2) is 16.8 Å². The lowest BCUT2D eigenvalue weighted by Gasteiger charge is -2.00. The van der Waals surface area contributed by atoms with Gasteiger partial charge in [-0.1, -0.05) is 11.3 Å². The van der Waals surface area contributed by atoms with Gasteiger partial charge >= 0.3 is 5.97 Å². The fourth-order valence-corrected chi connectivity index (χ4v) is 3.35. The molecule has 10 heteroatoms. The summed E-state index contributed by atoms with van der Waals surface area (Å²) in [6, 6.07) is 3.13. The number of nitrogens with one attached hydrogen (secondary N) is 1. The Morgan fingerprint density at radius 3 is 2.83 bits per heavy atom. The molecule has 29 heavy (non-hydrogen) atoms. The highest BCUT2D eigenvalue weighted by molar-refractivity contribution is 7.17. The minimum Gasteiger partial charge on any atom is -0.462 e. The average Bonchev–Trinajstić information content (AvgIpc) is 3.27. The molecule has 7 nitrogen and oxygen atoms in total. The van der Waals surface area contributed by atoms with Crippen molar-refractivity contribution in [2.24, 2.45) is 0 Å². The predicted molar refractivity (Wildman–Crippen MR) is 102 cm³/mol. The van der Waals surface area contributed by atoms with Crippen LogP contribution in [0.15, 0.2) is 28.8 Å². The van der Waals surface area contributed by atoms with E-state index in [1.807, 2.05) is 0 Å². The van der Waals surface area contributed by atoms with Crippen LogP contribution < -0.4 is 5.32 Å². The van der Waals surface area contributed by atoms with Crippen LogP contribution in [0.5, 0.6) is 0 Å². The molecule has 0 aliphatic heterocycles. The Labute approximate surface area is 168 Å². The molecule has 0 saturated carbocycles. The average molecular weight is 421 g/mol. The van der Waals surface area contributed by atoms with Crippen molar-refractivity contribution in [1.29, 1.82) is 0 Å². The molecule has 3 rings (SSSR count). The highest BCUT2D eigenvalue weighted by Crippen LogP contribution is 2.25. The number of esters is 1. The molecule has 1 amide bonds. The van der Waals surface area contributed by atoms with E-state index < -0.39 is 17.6 Å². The third-order valence-electron chi connectivity index (χ3n) is 3.82. The maximum Gasteiger partial charge on any atom is 0.350 e. The zero-order valence-electron chi connectivity index (χ0n) is 15.6. The number of oxazole rings is 1. The smallest absolute Gasteiger partial charge is 0.350 e. The summed E-state index contributed by atoms with van der Waals surface area (Å²) < 4.78 is 37.2. The van der Waals surface area contributed by atoms with Gasteiger partial charge in [0.25, 0.3) is 0 Å². The first-order valence-electron chi connectivity index (χ1n) is 8.72. The summed E-state index contributed by atoms with van der Waals surface area (Å²) in [5.41, 5.74) is 0.557. The molecule has 1 aromatic carbocycles. The Bertz CT molecular complexity index is 1050. The van der Waals surface area contributed by atoms with Gasteiger partial charge in [-0.3, -0.25) is 4.79 Å². The third kappa shape index (κ3) is 5.02. The molecule has 1 N–H and O–H groups in total. The van der Waals surface area contributed by atoms with E-state index >= 15 is 0 Å². The van der Waals surface area contributed by atoms with E-state index in [2.05, 4.69) is 15.3 Å². The number of aromatic nitrogens is 2. The number of hydrogen-bond acceptors (Lipinski definition) is 7. The molecule has 0 saturated heterocycles. The molecule has 0 aliphatic carbocycles. The van der Waals surface area contributed by atoms with E-state index in [0.29, 0.717) is 10.6 Å². The van der Waals surface area contributed by atoms with Gasteiger partial charge < -0.3 is 14.5 Å². The molecule has 2 heterocycles. The predicted octanol–water partition coefficient (Wildman–Crippen LogP) is 4.13. The van der Waals surface area contributed by atoms with Gasteiger partial charge in [-0.2, -0.15) is 0 Å². The second-order valence-electron chi connectivity index (χ2n) is 5.94. The number of halogens is 2. The summed E-state index contributed by atoms with van der Waals surface area (Å²) in [6.45, 7) is 3.61. The normalized spacial score (nSPS) is 10.8. The number of anilines is 1. The second kappa shape index (κ2) is 8.91. The lowest BCUT2D eigenvalue weighted by molar-refractivity contribution is -0.116. The molecular formula is C19H17F2N3O4S. The van der Waals surface area contributed by atoms with Crippen molar-refractivity contribution >= 4 is 28.3 Å². The lowest BCUT2D eigenvalue weighted by Crippen LogP contribution is -2.12. The van der Waals surface area contributed by atoms with Crippen molar-refractivity contribution in [1.82, 2.24) is 9.97 Å². The molecule has 0 radical (unpaired) electrons. The maximum atomic E-state index is 13.8. The highest BCUT2D eigenvalue weighted by Gasteiger charge is 2.18. The summed E-state index contributed by atoms with van der Waals surface area (Å²) in [5, 5.41) is 2.90. The topological polar surface area (TPSA) is 94.3 Å². The van der Waals surface area contributed by atoms with E-state index in [9.17, 15) is 18.4 Å². The van der Waals surface area contributed by atoms with Gasteiger partial charge in [0.05, 0.1) is 24.1 Å². The van der Waals surface area contributed by atoms with E-state index in [1.54, 1.807) is 13.8 Å². The monoisotopic (exact) mass is 421 g/mol.